The van der Waals surface area contributed by atoms with Gasteiger partial charge in [0.15, 0.2) is 0 Å². The smallest absolute Gasteiger partial charge is 0.223 e. The van der Waals surface area contributed by atoms with Gasteiger partial charge in [-0.15, -0.1) is 0 Å². The Morgan fingerprint density at radius 2 is 1.76 bits per heavy atom. The molecule has 150 valence electrons. The minimum Gasteiger partial charge on any atom is -0.492 e. The van der Waals surface area contributed by atoms with Gasteiger partial charge in [-0.2, -0.15) is 0 Å². The molecule has 1 fully saturated rings. The van der Waals surface area contributed by atoms with E-state index in [2.05, 4.69) is 32.3 Å². The number of aromatic nitrogens is 2. The first-order chi connectivity index (χ1) is 14.4. The first-order valence-corrected chi connectivity index (χ1v) is 10.0. The van der Waals surface area contributed by atoms with Crippen molar-refractivity contribution in [1.29, 1.82) is 0 Å². The lowest BCUT2D eigenvalue weighted by molar-refractivity contribution is 0.0322. The van der Waals surface area contributed by atoms with Gasteiger partial charge in [-0.3, -0.25) is 4.90 Å². The van der Waals surface area contributed by atoms with E-state index in [4.69, 9.17) is 9.47 Å². The molecule has 0 atom stereocenters. The van der Waals surface area contributed by atoms with Crippen LogP contribution < -0.4 is 10.1 Å². The molecule has 6 nitrogen and oxygen atoms in total. The number of anilines is 1. The van der Waals surface area contributed by atoms with Gasteiger partial charge >= 0.3 is 0 Å². The van der Waals surface area contributed by atoms with Crippen molar-refractivity contribution in [3.05, 3.63) is 72.4 Å². The first-order valence-electron chi connectivity index (χ1n) is 10.0. The van der Waals surface area contributed by atoms with Crippen molar-refractivity contribution in [2.45, 2.75) is 6.54 Å². The molecule has 1 aromatic heterocycles. The van der Waals surface area contributed by atoms with Crippen molar-refractivity contribution in [1.82, 2.24) is 14.9 Å². The van der Waals surface area contributed by atoms with Crippen LogP contribution in [0.2, 0.25) is 0 Å². The number of rotatable bonds is 8. The van der Waals surface area contributed by atoms with E-state index in [0.29, 0.717) is 19.1 Å². The predicted molar refractivity (Wildman–Crippen MR) is 114 cm³/mol. The molecule has 1 aliphatic rings. The summed E-state index contributed by atoms with van der Waals surface area (Å²) in [5.74, 6) is 1.50. The maximum Gasteiger partial charge on any atom is 0.223 e. The Labute approximate surface area is 171 Å². The van der Waals surface area contributed by atoms with E-state index >= 15 is 0 Å². The second kappa shape index (κ2) is 10.0. The summed E-state index contributed by atoms with van der Waals surface area (Å²) in [5, 5.41) is 3.28. The minimum atomic E-state index is 0.622. The fourth-order valence-electron chi connectivity index (χ4n) is 3.22. The molecule has 0 bridgehead atoms. The number of nitrogens with one attached hydrogen (secondary N) is 1. The maximum atomic E-state index is 5.88. The van der Waals surface area contributed by atoms with Crippen LogP contribution in [0.5, 0.6) is 5.75 Å². The van der Waals surface area contributed by atoms with Crippen LogP contribution in [0, 0.1) is 0 Å². The summed E-state index contributed by atoms with van der Waals surface area (Å²) in [6.45, 7) is 5.90. The molecule has 1 saturated heterocycles. The van der Waals surface area contributed by atoms with E-state index in [9.17, 15) is 0 Å². The number of hydrogen-bond donors (Lipinski definition) is 1. The van der Waals surface area contributed by atoms with Crippen LogP contribution in [0.4, 0.5) is 5.95 Å². The SMILES string of the molecule is c1ccc(CNc2nccc(-c3ccc(OCCN4CCOCC4)cc3)n2)cc1. The van der Waals surface area contributed by atoms with Crippen LogP contribution in [0.3, 0.4) is 0 Å². The Balaban J connectivity index is 1.31. The van der Waals surface area contributed by atoms with Gasteiger partial charge in [0.1, 0.15) is 12.4 Å². The van der Waals surface area contributed by atoms with E-state index in [1.807, 2.05) is 48.5 Å². The third-order valence-corrected chi connectivity index (χ3v) is 4.88. The highest BCUT2D eigenvalue weighted by Gasteiger charge is 2.10. The van der Waals surface area contributed by atoms with Gasteiger partial charge in [0.2, 0.25) is 5.95 Å². The van der Waals surface area contributed by atoms with Gasteiger partial charge in [0.05, 0.1) is 18.9 Å². The number of ether oxygens (including phenoxy) is 2. The average Bonchev–Trinajstić information content (AvgIpc) is 2.80. The monoisotopic (exact) mass is 390 g/mol. The summed E-state index contributed by atoms with van der Waals surface area (Å²) in [6, 6.07) is 20.2. The van der Waals surface area contributed by atoms with Crippen LogP contribution in [0.25, 0.3) is 11.3 Å². The Bertz CT molecular complexity index is 881. The normalized spacial score (nSPS) is 14.5. The molecular weight excluding hydrogens is 364 g/mol. The molecule has 1 aliphatic heterocycles. The molecule has 1 N–H and O–H groups in total. The van der Waals surface area contributed by atoms with Crippen molar-refractivity contribution in [3.8, 4) is 17.0 Å². The van der Waals surface area contributed by atoms with E-state index < -0.39 is 0 Å². The summed E-state index contributed by atoms with van der Waals surface area (Å²) in [4.78, 5) is 11.3. The molecule has 2 heterocycles. The lowest BCUT2D eigenvalue weighted by atomic mass is 10.1. The van der Waals surface area contributed by atoms with Gasteiger partial charge in [-0.25, -0.2) is 9.97 Å². The quantitative estimate of drug-likeness (QED) is 0.636. The molecule has 3 aromatic rings. The standard InChI is InChI=1S/C23H26N4O2/c1-2-4-19(5-3-1)18-25-23-24-11-10-22(26-23)20-6-8-21(9-7-20)29-17-14-27-12-15-28-16-13-27/h1-11H,12-18H2,(H,24,25,26). The largest absolute Gasteiger partial charge is 0.492 e. The molecule has 0 saturated carbocycles. The van der Waals surface area contributed by atoms with Gasteiger partial charge < -0.3 is 14.8 Å². The molecule has 4 rings (SSSR count). The Morgan fingerprint density at radius 1 is 0.966 bits per heavy atom. The zero-order chi connectivity index (χ0) is 19.7. The van der Waals surface area contributed by atoms with Gasteiger partial charge in [0.25, 0.3) is 0 Å². The second-order valence-corrected chi connectivity index (χ2v) is 6.93. The summed E-state index contributed by atoms with van der Waals surface area (Å²) in [7, 11) is 0. The van der Waals surface area contributed by atoms with Crippen LogP contribution >= 0.6 is 0 Å². The van der Waals surface area contributed by atoms with Crippen molar-refractivity contribution < 1.29 is 9.47 Å². The molecule has 0 aliphatic carbocycles. The first kappa shape index (κ1) is 19.4. The lowest BCUT2D eigenvalue weighted by Crippen LogP contribution is -2.38. The van der Waals surface area contributed by atoms with E-state index in [1.54, 1.807) is 6.20 Å². The van der Waals surface area contributed by atoms with Crippen molar-refractivity contribution >= 4 is 5.95 Å². The lowest BCUT2D eigenvalue weighted by Gasteiger charge is -2.26. The zero-order valence-corrected chi connectivity index (χ0v) is 16.5. The third-order valence-electron chi connectivity index (χ3n) is 4.88. The molecule has 0 unspecified atom stereocenters. The van der Waals surface area contributed by atoms with Crippen molar-refractivity contribution in [2.24, 2.45) is 0 Å². The van der Waals surface area contributed by atoms with E-state index in [-0.39, 0.29) is 0 Å². The molecule has 0 spiro atoms. The number of hydrogen-bond acceptors (Lipinski definition) is 6. The van der Waals surface area contributed by atoms with Gasteiger partial charge in [0, 0.05) is 37.9 Å². The topological polar surface area (TPSA) is 59.5 Å². The summed E-state index contributed by atoms with van der Waals surface area (Å²) in [6.07, 6.45) is 1.78. The maximum absolute atomic E-state index is 5.88. The van der Waals surface area contributed by atoms with Crippen LogP contribution in [-0.4, -0.2) is 54.3 Å². The van der Waals surface area contributed by atoms with Crippen LogP contribution in [-0.2, 0) is 11.3 Å². The molecular formula is C23H26N4O2. The Hall–Kier alpha value is -2.96. The molecule has 0 amide bonds. The predicted octanol–water partition coefficient (Wildman–Crippen LogP) is 3.47. The third kappa shape index (κ3) is 5.76. The highest BCUT2D eigenvalue weighted by Crippen LogP contribution is 2.21. The molecule has 6 heteroatoms. The van der Waals surface area contributed by atoms with E-state index in [0.717, 1.165) is 49.9 Å². The number of morpholine rings is 1. The molecule has 0 radical (unpaired) electrons. The van der Waals surface area contributed by atoms with Crippen LogP contribution in [0.1, 0.15) is 5.56 Å². The second-order valence-electron chi connectivity index (χ2n) is 6.93. The minimum absolute atomic E-state index is 0.622. The fourth-order valence-corrected chi connectivity index (χ4v) is 3.22. The average molecular weight is 390 g/mol. The summed E-state index contributed by atoms with van der Waals surface area (Å²) >= 11 is 0. The highest BCUT2D eigenvalue weighted by atomic mass is 16.5. The van der Waals surface area contributed by atoms with Gasteiger partial charge in [-0.1, -0.05) is 30.3 Å². The van der Waals surface area contributed by atoms with Crippen LogP contribution in [0.15, 0.2) is 66.9 Å². The zero-order valence-electron chi connectivity index (χ0n) is 16.5. The summed E-state index contributed by atoms with van der Waals surface area (Å²) < 4.78 is 11.3. The molecule has 29 heavy (non-hydrogen) atoms. The highest BCUT2D eigenvalue weighted by molar-refractivity contribution is 5.60. The van der Waals surface area contributed by atoms with E-state index in [1.165, 1.54) is 5.56 Å². The number of nitrogens with zero attached hydrogens (tertiary/aromatic N) is 3. The molecule has 2 aromatic carbocycles. The fraction of sp³-hybridized carbons (Fsp3) is 0.304. The van der Waals surface area contributed by atoms with Crippen molar-refractivity contribution in [3.63, 3.8) is 0 Å². The van der Waals surface area contributed by atoms with Crippen molar-refractivity contribution in [2.75, 3.05) is 44.8 Å². The van der Waals surface area contributed by atoms with Gasteiger partial charge in [-0.05, 0) is 35.9 Å². The Morgan fingerprint density at radius 3 is 2.55 bits per heavy atom. The summed E-state index contributed by atoms with van der Waals surface area (Å²) in [5.41, 5.74) is 3.12. The number of benzene rings is 2. The Kier molecular flexibility index (Phi) is 6.68.